The minimum atomic E-state index is -1.08. The van der Waals surface area contributed by atoms with E-state index in [2.05, 4.69) is 4.74 Å². The van der Waals surface area contributed by atoms with Crippen LogP contribution in [-0.2, 0) is 9.53 Å². The second kappa shape index (κ2) is 7.96. The lowest BCUT2D eigenvalue weighted by atomic mass is 10.5. The van der Waals surface area contributed by atoms with E-state index in [-0.39, 0.29) is 5.97 Å². The molecule has 2 nitrogen and oxygen atoms in total. The lowest BCUT2D eigenvalue weighted by Gasteiger charge is -1.94. The monoisotopic (exact) mass is 234 g/mol. The van der Waals surface area contributed by atoms with Crippen molar-refractivity contribution in [3.8, 4) is 0 Å². The highest BCUT2D eigenvalue weighted by molar-refractivity contribution is 6.67. The molecule has 0 rings (SSSR count). The number of ether oxygens (including phenoxy) is 1. The molecule has 0 unspecified atom stereocenters. The Balaban J connectivity index is 0. The number of hydrogen-bond donors (Lipinski definition) is 0. The van der Waals surface area contributed by atoms with E-state index in [0.717, 1.165) is 0 Å². The minimum Gasteiger partial charge on any atom is -0.466 e. The predicted octanol–water partition coefficient (Wildman–Crippen LogP) is 3.34. The smallest absolute Gasteiger partial charge is 0.305 e. The van der Waals surface area contributed by atoms with Gasteiger partial charge in [0.2, 0.25) is 0 Å². The lowest BCUT2D eigenvalue weighted by Crippen LogP contribution is -2.00. The first-order chi connectivity index (χ1) is 5.31. The van der Waals surface area contributed by atoms with E-state index >= 15 is 0 Å². The average Bonchev–Trinajstić information content (AvgIpc) is 1.85. The van der Waals surface area contributed by atoms with Crippen LogP contribution in [0.15, 0.2) is 0 Å². The lowest BCUT2D eigenvalue weighted by molar-refractivity contribution is -0.142. The summed E-state index contributed by atoms with van der Waals surface area (Å²) in [6.45, 7) is 5.55. The molecule has 0 bridgehead atoms. The van der Waals surface area contributed by atoms with Gasteiger partial charge in [-0.2, -0.15) is 0 Å². The molecule has 0 aromatic heterocycles. The maximum atomic E-state index is 10.2. The summed E-state index contributed by atoms with van der Waals surface area (Å²) < 4.78 is 3.47. The normalized spacial score (nSPS) is 9.83. The second-order valence-electron chi connectivity index (χ2n) is 1.94. The Labute approximate surface area is 88.1 Å². The Bertz CT molecular complexity index is 114. The summed E-state index contributed by atoms with van der Waals surface area (Å²) in [6.07, 6.45) is 0.480. The predicted molar refractivity (Wildman–Crippen MR) is 52.9 cm³/mol. The molecule has 12 heavy (non-hydrogen) atoms. The second-order valence-corrected chi connectivity index (χ2v) is 4.79. The van der Waals surface area contributed by atoms with Gasteiger partial charge in [0.15, 0.2) is 3.79 Å². The van der Waals surface area contributed by atoms with E-state index in [0.29, 0.717) is 13.0 Å². The van der Waals surface area contributed by atoms with E-state index < -0.39 is 3.79 Å². The van der Waals surface area contributed by atoms with Crippen molar-refractivity contribution >= 4 is 40.8 Å². The third-order valence-electron chi connectivity index (χ3n) is 0.594. The van der Waals surface area contributed by atoms with Gasteiger partial charge in [-0.25, -0.2) is 0 Å². The molecule has 5 heteroatoms. The zero-order valence-electron chi connectivity index (χ0n) is 7.36. The van der Waals surface area contributed by atoms with Crippen molar-refractivity contribution in [3.63, 3.8) is 0 Å². The van der Waals surface area contributed by atoms with Crippen LogP contribution in [0.3, 0.4) is 0 Å². The fourth-order valence-electron chi connectivity index (χ4n) is 0.263. The quantitative estimate of drug-likeness (QED) is 0.542. The zero-order chi connectivity index (χ0) is 10.2. The highest BCUT2D eigenvalue weighted by Crippen LogP contribution is 2.23. The van der Waals surface area contributed by atoms with Gasteiger partial charge in [0.25, 0.3) is 0 Å². The Hall–Kier alpha value is 0.340. The van der Waals surface area contributed by atoms with Gasteiger partial charge >= 0.3 is 5.97 Å². The maximum Gasteiger partial charge on any atom is 0.305 e. The molecule has 0 aliphatic heterocycles. The van der Waals surface area contributed by atoms with Gasteiger partial charge in [-0.15, -0.1) is 0 Å². The van der Waals surface area contributed by atoms with Crippen LogP contribution in [0.4, 0.5) is 0 Å². The van der Waals surface area contributed by atoms with Gasteiger partial charge in [-0.3, -0.25) is 4.79 Å². The third kappa shape index (κ3) is 31.6. The van der Waals surface area contributed by atoms with Crippen molar-refractivity contribution in [3.05, 3.63) is 0 Å². The summed E-state index contributed by atoms with van der Waals surface area (Å²) in [5, 5.41) is 0. The standard InChI is InChI=1S/C5H10O2.C2H3Cl3/c1-3-5(6)7-4-2;1-2(3,4)5/h3-4H2,1-2H3;1H3. The van der Waals surface area contributed by atoms with Crippen molar-refractivity contribution in [1.82, 2.24) is 0 Å². The Kier molecular flexibility index (Phi) is 9.85. The summed E-state index contributed by atoms with van der Waals surface area (Å²) in [4.78, 5) is 10.2. The molecule has 0 saturated carbocycles. The number of carbonyl (C=O) groups is 1. The molecular weight excluding hydrogens is 222 g/mol. The maximum absolute atomic E-state index is 10.2. The van der Waals surface area contributed by atoms with Gasteiger partial charge in [-0.05, 0) is 13.8 Å². The molecule has 0 saturated heterocycles. The molecule has 0 aromatic carbocycles. The number of alkyl halides is 3. The van der Waals surface area contributed by atoms with E-state index in [1.165, 1.54) is 6.92 Å². The highest BCUT2D eigenvalue weighted by Gasteiger charge is 2.07. The van der Waals surface area contributed by atoms with Gasteiger partial charge < -0.3 is 4.74 Å². The number of esters is 1. The number of rotatable bonds is 2. The third-order valence-corrected chi connectivity index (χ3v) is 0.594. The van der Waals surface area contributed by atoms with Gasteiger partial charge in [0.05, 0.1) is 6.61 Å². The van der Waals surface area contributed by atoms with Gasteiger partial charge in [0.1, 0.15) is 0 Å². The summed E-state index contributed by atoms with van der Waals surface area (Å²) in [5.74, 6) is -0.123. The summed E-state index contributed by atoms with van der Waals surface area (Å²) >= 11 is 15.2. The molecule has 0 amide bonds. The molecule has 0 aliphatic carbocycles. The molecule has 0 aliphatic rings. The van der Waals surface area contributed by atoms with Crippen molar-refractivity contribution in [2.45, 2.75) is 31.0 Å². The molecule has 0 aromatic rings. The summed E-state index contributed by atoms with van der Waals surface area (Å²) in [7, 11) is 0. The van der Waals surface area contributed by atoms with Crippen LogP contribution in [0.25, 0.3) is 0 Å². The zero-order valence-corrected chi connectivity index (χ0v) is 9.63. The van der Waals surface area contributed by atoms with Crippen molar-refractivity contribution in [2.24, 2.45) is 0 Å². The fraction of sp³-hybridized carbons (Fsp3) is 0.857. The van der Waals surface area contributed by atoms with E-state index in [1.807, 2.05) is 0 Å². The highest BCUT2D eigenvalue weighted by atomic mass is 35.6. The Morgan fingerprint density at radius 3 is 1.75 bits per heavy atom. The van der Waals surface area contributed by atoms with Crippen LogP contribution in [0.1, 0.15) is 27.2 Å². The van der Waals surface area contributed by atoms with Crippen molar-refractivity contribution in [2.75, 3.05) is 6.61 Å². The van der Waals surface area contributed by atoms with Crippen LogP contribution < -0.4 is 0 Å². The number of halogens is 3. The summed E-state index contributed by atoms with van der Waals surface area (Å²) in [5.41, 5.74) is 0. The topological polar surface area (TPSA) is 26.3 Å². The largest absolute Gasteiger partial charge is 0.466 e. The first kappa shape index (κ1) is 14.8. The Morgan fingerprint density at radius 1 is 1.33 bits per heavy atom. The van der Waals surface area contributed by atoms with Crippen LogP contribution in [0, 0.1) is 0 Å². The van der Waals surface area contributed by atoms with Crippen LogP contribution in [-0.4, -0.2) is 16.4 Å². The van der Waals surface area contributed by atoms with Gasteiger partial charge in [0, 0.05) is 6.42 Å². The van der Waals surface area contributed by atoms with E-state index in [9.17, 15) is 4.79 Å². The number of carbonyl (C=O) groups excluding carboxylic acids is 1. The summed E-state index contributed by atoms with van der Waals surface area (Å²) in [6, 6.07) is 0. The molecule has 0 spiro atoms. The fourth-order valence-corrected chi connectivity index (χ4v) is 0.263. The molecule has 0 fully saturated rings. The molecule has 74 valence electrons. The molecule has 0 N–H and O–H groups in total. The molecule has 0 atom stereocenters. The molecule has 0 radical (unpaired) electrons. The molecular formula is C7H13Cl3O2. The minimum absolute atomic E-state index is 0.123. The Morgan fingerprint density at radius 2 is 1.67 bits per heavy atom. The van der Waals surface area contributed by atoms with Gasteiger partial charge in [-0.1, -0.05) is 41.7 Å². The van der Waals surface area contributed by atoms with Crippen molar-refractivity contribution < 1.29 is 9.53 Å². The van der Waals surface area contributed by atoms with Crippen LogP contribution in [0.5, 0.6) is 0 Å². The van der Waals surface area contributed by atoms with Crippen LogP contribution >= 0.6 is 34.8 Å². The van der Waals surface area contributed by atoms with E-state index in [4.69, 9.17) is 34.8 Å². The van der Waals surface area contributed by atoms with E-state index in [1.54, 1.807) is 13.8 Å². The SMILES string of the molecule is CC(Cl)(Cl)Cl.CCOC(=O)CC. The average molecular weight is 236 g/mol. The van der Waals surface area contributed by atoms with Crippen molar-refractivity contribution in [1.29, 1.82) is 0 Å². The number of hydrogen-bond acceptors (Lipinski definition) is 2. The first-order valence-corrected chi connectivity index (χ1v) is 4.67. The van der Waals surface area contributed by atoms with Crippen LogP contribution in [0.2, 0.25) is 0 Å². The molecule has 0 heterocycles. The first-order valence-electron chi connectivity index (χ1n) is 3.53.